The van der Waals surface area contributed by atoms with Crippen molar-refractivity contribution in [3.63, 3.8) is 0 Å². The van der Waals surface area contributed by atoms with Crippen LogP contribution in [0.4, 0.5) is 24.7 Å². The van der Waals surface area contributed by atoms with Gasteiger partial charge in [-0.25, -0.2) is 18.2 Å². The lowest BCUT2D eigenvalue weighted by Gasteiger charge is -2.09. The van der Waals surface area contributed by atoms with Crippen LogP contribution >= 0.6 is 0 Å². The molecule has 0 spiro atoms. The predicted octanol–water partition coefficient (Wildman–Crippen LogP) is 3.42. The fourth-order valence-corrected chi connectivity index (χ4v) is 1.54. The Hall–Kier alpha value is -2.55. The van der Waals surface area contributed by atoms with Gasteiger partial charge in [0.1, 0.15) is 17.7 Å². The van der Waals surface area contributed by atoms with Crippen molar-refractivity contribution in [2.75, 3.05) is 5.32 Å². The lowest BCUT2D eigenvalue weighted by molar-refractivity contribution is 0.496. The van der Waals surface area contributed by atoms with E-state index in [0.29, 0.717) is 17.7 Å². The molecule has 96 valence electrons. The standard InChI is InChI=1S/C13H8F3N3/c1-7-2-3-18-13(8(7)6-17)19-12-5-10(15)9(14)4-11(12)16/h2-5H,1H3,(H,18,19). The van der Waals surface area contributed by atoms with Crippen LogP contribution in [-0.2, 0) is 0 Å². The second-order valence-corrected chi connectivity index (χ2v) is 3.83. The minimum absolute atomic E-state index is 0.0902. The maximum Gasteiger partial charge on any atom is 0.161 e. The number of aryl methyl sites for hydroxylation is 1. The summed E-state index contributed by atoms with van der Waals surface area (Å²) in [6.07, 6.45) is 1.43. The number of hydrogen-bond acceptors (Lipinski definition) is 3. The highest BCUT2D eigenvalue weighted by Crippen LogP contribution is 2.24. The second kappa shape index (κ2) is 4.98. The molecule has 0 saturated heterocycles. The Balaban J connectivity index is 2.45. The molecule has 0 fully saturated rings. The van der Waals surface area contributed by atoms with E-state index in [-0.39, 0.29) is 17.1 Å². The molecule has 0 saturated carbocycles. The van der Waals surface area contributed by atoms with Gasteiger partial charge in [0, 0.05) is 18.3 Å². The first-order valence-corrected chi connectivity index (χ1v) is 5.30. The lowest BCUT2D eigenvalue weighted by Crippen LogP contribution is -2.02. The van der Waals surface area contributed by atoms with E-state index in [1.165, 1.54) is 6.20 Å². The molecule has 1 aromatic carbocycles. The number of halogens is 3. The summed E-state index contributed by atoms with van der Waals surface area (Å²) in [6.45, 7) is 1.69. The molecular formula is C13H8F3N3. The molecule has 2 aromatic rings. The average molecular weight is 263 g/mol. The van der Waals surface area contributed by atoms with Crippen LogP contribution in [-0.4, -0.2) is 4.98 Å². The van der Waals surface area contributed by atoms with Crippen LogP contribution in [0.2, 0.25) is 0 Å². The van der Waals surface area contributed by atoms with Gasteiger partial charge in [-0.05, 0) is 18.6 Å². The third-order valence-electron chi connectivity index (χ3n) is 2.53. The van der Waals surface area contributed by atoms with Crippen LogP contribution in [0.3, 0.4) is 0 Å². The Bertz CT molecular complexity index is 678. The van der Waals surface area contributed by atoms with E-state index >= 15 is 0 Å². The first kappa shape index (κ1) is 12.9. The highest BCUT2D eigenvalue weighted by molar-refractivity contribution is 5.64. The zero-order valence-electron chi connectivity index (χ0n) is 9.84. The van der Waals surface area contributed by atoms with Crippen LogP contribution in [0.15, 0.2) is 24.4 Å². The zero-order chi connectivity index (χ0) is 14.0. The largest absolute Gasteiger partial charge is 0.337 e. The summed E-state index contributed by atoms with van der Waals surface area (Å²) in [5.74, 6) is -3.34. The van der Waals surface area contributed by atoms with Crippen LogP contribution < -0.4 is 5.32 Å². The van der Waals surface area contributed by atoms with Crippen molar-refractivity contribution in [3.05, 3.63) is 53.0 Å². The van der Waals surface area contributed by atoms with Crippen LogP contribution in [0.1, 0.15) is 11.1 Å². The molecule has 3 nitrogen and oxygen atoms in total. The van der Waals surface area contributed by atoms with Crippen LogP contribution in [0.25, 0.3) is 0 Å². The number of nitriles is 1. The number of rotatable bonds is 2. The highest BCUT2D eigenvalue weighted by Gasteiger charge is 2.13. The Kier molecular flexibility index (Phi) is 3.38. The lowest BCUT2D eigenvalue weighted by atomic mass is 10.1. The van der Waals surface area contributed by atoms with Crippen molar-refractivity contribution < 1.29 is 13.2 Å². The maximum atomic E-state index is 13.5. The molecule has 19 heavy (non-hydrogen) atoms. The number of nitrogens with one attached hydrogen (secondary N) is 1. The molecule has 0 aliphatic heterocycles. The fourth-order valence-electron chi connectivity index (χ4n) is 1.54. The number of anilines is 2. The van der Waals surface area contributed by atoms with Crippen molar-refractivity contribution in [2.24, 2.45) is 0 Å². The molecule has 0 aliphatic carbocycles. The van der Waals surface area contributed by atoms with Crippen molar-refractivity contribution in [2.45, 2.75) is 6.92 Å². The molecule has 0 amide bonds. The smallest absolute Gasteiger partial charge is 0.161 e. The topological polar surface area (TPSA) is 48.7 Å². The first-order chi connectivity index (χ1) is 9.02. The van der Waals surface area contributed by atoms with Crippen LogP contribution in [0, 0.1) is 35.7 Å². The van der Waals surface area contributed by atoms with Gasteiger partial charge in [0.25, 0.3) is 0 Å². The SMILES string of the molecule is Cc1ccnc(Nc2cc(F)c(F)cc2F)c1C#N. The maximum absolute atomic E-state index is 13.5. The van der Waals surface area contributed by atoms with E-state index < -0.39 is 17.5 Å². The molecular weight excluding hydrogens is 255 g/mol. The Morgan fingerprint density at radius 1 is 1.16 bits per heavy atom. The van der Waals surface area contributed by atoms with Crippen molar-refractivity contribution in [1.82, 2.24) is 4.98 Å². The van der Waals surface area contributed by atoms with Gasteiger partial charge in [0.2, 0.25) is 0 Å². The van der Waals surface area contributed by atoms with Gasteiger partial charge in [-0.3, -0.25) is 0 Å². The van der Waals surface area contributed by atoms with Crippen molar-refractivity contribution >= 4 is 11.5 Å². The summed E-state index contributed by atoms with van der Waals surface area (Å²) in [4.78, 5) is 3.88. The van der Waals surface area contributed by atoms with Gasteiger partial charge < -0.3 is 5.32 Å². The first-order valence-electron chi connectivity index (χ1n) is 5.30. The summed E-state index contributed by atoms with van der Waals surface area (Å²) < 4.78 is 39.3. The molecule has 1 aromatic heterocycles. The number of benzene rings is 1. The molecule has 6 heteroatoms. The molecule has 1 N–H and O–H groups in total. The molecule has 0 radical (unpaired) electrons. The third-order valence-corrected chi connectivity index (χ3v) is 2.53. The Morgan fingerprint density at radius 3 is 2.53 bits per heavy atom. The molecule has 0 bridgehead atoms. The van der Waals surface area contributed by atoms with Gasteiger partial charge in [0.05, 0.1) is 11.3 Å². The summed E-state index contributed by atoms with van der Waals surface area (Å²) in [6, 6.07) is 4.64. The average Bonchev–Trinajstić information content (AvgIpc) is 2.36. The highest BCUT2D eigenvalue weighted by atomic mass is 19.2. The van der Waals surface area contributed by atoms with Gasteiger partial charge in [-0.1, -0.05) is 0 Å². The van der Waals surface area contributed by atoms with E-state index in [1.807, 2.05) is 6.07 Å². The van der Waals surface area contributed by atoms with Crippen molar-refractivity contribution in [3.8, 4) is 6.07 Å². The summed E-state index contributed by atoms with van der Waals surface area (Å²) >= 11 is 0. The van der Waals surface area contributed by atoms with Gasteiger partial charge >= 0.3 is 0 Å². The summed E-state index contributed by atoms with van der Waals surface area (Å²) in [7, 11) is 0. The molecule has 0 unspecified atom stereocenters. The van der Waals surface area contributed by atoms with E-state index in [2.05, 4.69) is 10.3 Å². The predicted molar refractivity (Wildman–Crippen MR) is 63.3 cm³/mol. The summed E-state index contributed by atoms with van der Waals surface area (Å²) in [5, 5.41) is 11.5. The molecule has 0 atom stereocenters. The van der Waals surface area contributed by atoms with E-state index in [9.17, 15) is 13.2 Å². The number of aromatic nitrogens is 1. The number of hydrogen-bond donors (Lipinski definition) is 1. The normalized spacial score (nSPS) is 10.1. The number of nitrogens with zero attached hydrogens (tertiary/aromatic N) is 2. The van der Waals surface area contributed by atoms with E-state index in [1.54, 1.807) is 13.0 Å². The quantitative estimate of drug-likeness (QED) is 0.844. The second-order valence-electron chi connectivity index (χ2n) is 3.83. The van der Waals surface area contributed by atoms with E-state index in [4.69, 9.17) is 5.26 Å². The summed E-state index contributed by atoms with van der Waals surface area (Å²) in [5.41, 5.74) is 0.572. The van der Waals surface area contributed by atoms with Crippen LogP contribution in [0.5, 0.6) is 0 Å². The third kappa shape index (κ3) is 2.50. The molecule has 1 heterocycles. The Morgan fingerprint density at radius 2 is 1.84 bits per heavy atom. The van der Waals surface area contributed by atoms with Crippen molar-refractivity contribution in [1.29, 1.82) is 5.26 Å². The Labute approximate surface area is 107 Å². The molecule has 0 aliphatic rings. The minimum atomic E-state index is -1.28. The molecule has 2 rings (SSSR count). The minimum Gasteiger partial charge on any atom is -0.337 e. The van der Waals surface area contributed by atoms with Gasteiger partial charge in [0.15, 0.2) is 11.6 Å². The van der Waals surface area contributed by atoms with E-state index in [0.717, 1.165) is 0 Å². The zero-order valence-corrected chi connectivity index (χ0v) is 9.84. The fraction of sp³-hybridized carbons (Fsp3) is 0.0769. The van der Waals surface area contributed by atoms with Gasteiger partial charge in [-0.2, -0.15) is 5.26 Å². The number of pyridine rings is 1. The monoisotopic (exact) mass is 263 g/mol. The van der Waals surface area contributed by atoms with Gasteiger partial charge in [-0.15, -0.1) is 0 Å².